The number of alkyl halides is 3. The first-order chi connectivity index (χ1) is 25.2. The topological polar surface area (TPSA) is 72.3 Å². The van der Waals surface area contributed by atoms with Crippen LogP contribution < -0.4 is 10.2 Å². The van der Waals surface area contributed by atoms with Crippen molar-refractivity contribution in [3.63, 3.8) is 0 Å². The van der Waals surface area contributed by atoms with Gasteiger partial charge in [-0.25, -0.2) is 4.79 Å². The van der Waals surface area contributed by atoms with E-state index in [0.29, 0.717) is 17.7 Å². The second-order valence-corrected chi connectivity index (χ2v) is 12.3. The molecule has 0 radical (unpaired) electrons. The van der Waals surface area contributed by atoms with Gasteiger partial charge in [-0.15, -0.1) is 5.11 Å². The molecule has 5 aromatic carbocycles. The summed E-state index contributed by atoms with van der Waals surface area (Å²) in [6.45, 7) is 0.331. The van der Waals surface area contributed by atoms with Crippen LogP contribution in [0.1, 0.15) is 50.2 Å². The molecule has 1 heterocycles. The van der Waals surface area contributed by atoms with Crippen LogP contribution in [0.2, 0.25) is 0 Å². The van der Waals surface area contributed by atoms with E-state index < -0.39 is 11.7 Å². The Hall–Kier alpha value is -6.18. The van der Waals surface area contributed by atoms with Gasteiger partial charge in [0.25, 0.3) is 0 Å². The van der Waals surface area contributed by atoms with E-state index >= 15 is 0 Å². The largest absolute Gasteiger partial charge is 0.488 e. The molecule has 9 heteroatoms. The number of nitrogens with one attached hydrogen (secondary N) is 1. The highest BCUT2D eigenvalue weighted by molar-refractivity contribution is 5.89. The molecule has 0 fully saturated rings. The summed E-state index contributed by atoms with van der Waals surface area (Å²) < 4.78 is 50.0. The van der Waals surface area contributed by atoms with Crippen molar-refractivity contribution in [1.29, 1.82) is 0 Å². The molecule has 6 nitrogen and oxygen atoms in total. The number of aryl methyl sites for hydroxylation is 1. The molecule has 1 N–H and O–H groups in total. The molecule has 6 rings (SSSR count). The van der Waals surface area contributed by atoms with E-state index in [1.807, 2.05) is 72.8 Å². The fourth-order valence-corrected chi connectivity index (χ4v) is 5.83. The Morgan fingerprint density at radius 3 is 2.10 bits per heavy atom. The van der Waals surface area contributed by atoms with Crippen molar-refractivity contribution in [1.82, 2.24) is 5.43 Å². The second kappa shape index (κ2) is 16.7. The molecule has 262 valence electrons. The molecule has 1 unspecified atom stereocenters. The van der Waals surface area contributed by atoms with Gasteiger partial charge < -0.3 is 9.47 Å². The highest BCUT2D eigenvalue weighted by Crippen LogP contribution is 2.31. The number of hydrogen-bond donors (Lipinski definition) is 1. The zero-order valence-corrected chi connectivity index (χ0v) is 28.4. The van der Waals surface area contributed by atoms with Crippen LogP contribution in [0.4, 0.5) is 13.2 Å². The summed E-state index contributed by atoms with van der Waals surface area (Å²) in [5.41, 5.74) is 13.3. The molecule has 0 bridgehead atoms. The molecule has 0 aromatic heterocycles. The van der Waals surface area contributed by atoms with E-state index in [2.05, 4.69) is 45.8 Å². The molecule has 0 saturated carbocycles. The zero-order chi connectivity index (χ0) is 36.3. The summed E-state index contributed by atoms with van der Waals surface area (Å²) in [6, 6.07) is 36.5. The molecule has 0 saturated heterocycles. The number of benzene rings is 5. The summed E-state index contributed by atoms with van der Waals surface area (Å²) >= 11 is 0. The first-order valence-corrected chi connectivity index (χ1v) is 16.8. The number of ether oxygens (including phenoxy) is 2. The van der Waals surface area contributed by atoms with Gasteiger partial charge in [0, 0.05) is 11.1 Å². The van der Waals surface area contributed by atoms with Gasteiger partial charge in [-0.1, -0.05) is 114 Å². The number of allylic oxidation sites excluding steroid dienone is 1. The van der Waals surface area contributed by atoms with Gasteiger partial charge in [-0.3, -0.25) is 5.43 Å². The monoisotopic (exact) mass is 699 g/mol. The summed E-state index contributed by atoms with van der Waals surface area (Å²) in [4.78, 5) is 11.9. The Labute approximate surface area is 300 Å². The lowest BCUT2D eigenvalue weighted by atomic mass is 9.91. The highest BCUT2D eigenvalue weighted by Gasteiger charge is 2.30. The fraction of sp³-hybridized carbons (Fsp3) is 0.163. The van der Waals surface area contributed by atoms with Crippen molar-refractivity contribution in [3.8, 4) is 16.9 Å². The maximum Gasteiger partial charge on any atom is 0.416 e. The predicted octanol–water partition coefficient (Wildman–Crippen LogP) is 10.7. The predicted molar refractivity (Wildman–Crippen MR) is 196 cm³/mol. The number of nitrogens with zero attached hydrogens (tertiary/aromatic N) is 2. The second-order valence-electron chi connectivity index (χ2n) is 12.3. The maximum absolute atomic E-state index is 13.0. The molecule has 0 aliphatic carbocycles. The Kier molecular flexibility index (Phi) is 11.4. The smallest absolute Gasteiger partial charge is 0.416 e. The molecule has 0 spiro atoms. The summed E-state index contributed by atoms with van der Waals surface area (Å²) in [7, 11) is 1.37. The van der Waals surface area contributed by atoms with Gasteiger partial charge in [0.1, 0.15) is 18.1 Å². The van der Waals surface area contributed by atoms with Crippen molar-refractivity contribution in [2.45, 2.75) is 32.0 Å². The molecule has 5 aromatic rings. The van der Waals surface area contributed by atoms with Crippen LogP contribution in [0.3, 0.4) is 0 Å². The molecular formula is C43H36F3N3O3. The van der Waals surface area contributed by atoms with Crippen molar-refractivity contribution in [2.24, 2.45) is 16.3 Å². The van der Waals surface area contributed by atoms with Crippen LogP contribution in [0, 0.1) is 5.92 Å². The lowest BCUT2D eigenvalue weighted by Crippen LogP contribution is -2.06. The maximum atomic E-state index is 13.0. The van der Waals surface area contributed by atoms with E-state index in [1.165, 1.54) is 31.0 Å². The number of halogens is 3. The van der Waals surface area contributed by atoms with Crippen LogP contribution >= 0.6 is 0 Å². The molecular weight excluding hydrogens is 663 g/mol. The molecule has 0 amide bonds. The van der Waals surface area contributed by atoms with E-state index in [0.717, 1.165) is 70.7 Å². The quantitative estimate of drug-likeness (QED) is 0.0981. The minimum Gasteiger partial charge on any atom is -0.488 e. The summed E-state index contributed by atoms with van der Waals surface area (Å²) in [5, 5.41) is 7.60. The van der Waals surface area contributed by atoms with E-state index in [1.54, 1.807) is 12.1 Å². The van der Waals surface area contributed by atoms with Crippen LogP contribution in [0.5, 0.6) is 5.75 Å². The molecule has 1 aliphatic heterocycles. The minimum atomic E-state index is -4.36. The average molecular weight is 700 g/mol. The Balaban J connectivity index is 1.14. The first-order valence-electron chi connectivity index (χ1n) is 16.8. The summed E-state index contributed by atoms with van der Waals surface area (Å²) in [5.74, 6) is 0.577. The number of rotatable bonds is 13. The zero-order valence-electron chi connectivity index (χ0n) is 28.4. The van der Waals surface area contributed by atoms with E-state index in [9.17, 15) is 18.0 Å². The van der Waals surface area contributed by atoms with Crippen LogP contribution in [-0.2, 0) is 30.4 Å². The highest BCUT2D eigenvalue weighted by atomic mass is 19.4. The van der Waals surface area contributed by atoms with Gasteiger partial charge in [0.2, 0.25) is 0 Å². The van der Waals surface area contributed by atoms with Crippen molar-refractivity contribution >= 4 is 17.7 Å². The normalized spacial score (nSPS) is 13.0. The summed E-state index contributed by atoms with van der Waals surface area (Å²) in [6.07, 6.45) is 4.01. The Morgan fingerprint density at radius 1 is 0.808 bits per heavy atom. The molecule has 52 heavy (non-hydrogen) atoms. The molecule has 1 atom stereocenters. The van der Waals surface area contributed by atoms with Gasteiger partial charge in [0.05, 0.1) is 24.4 Å². The number of para-hydroxylation sites is 1. The van der Waals surface area contributed by atoms with Crippen molar-refractivity contribution in [2.75, 3.05) is 7.11 Å². The number of carbonyl (C=O) groups excluding carboxylic acids is 1. The van der Waals surface area contributed by atoms with Crippen LogP contribution in [0.15, 0.2) is 150 Å². The molecule has 1 aliphatic rings. The number of hydrogen-bond acceptors (Lipinski definition) is 6. The van der Waals surface area contributed by atoms with Crippen LogP contribution in [-0.4, -0.2) is 13.1 Å². The van der Waals surface area contributed by atoms with Crippen molar-refractivity contribution in [3.05, 3.63) is 178 Å². The van der Waals surface area contributed by atoms with Crippen LogP contribution in [0.25, 0.3) is 22.9 Å². The average Bonchev–Trinajstić information content (AvgIpc) is 3.19. The number of esters is 1. The van der Waals surface area contributed by atoms with Gasteiger partial charge in [0.15, 0.2) is 0 Å². The van der Waals surface area contributed by atoms with Gasteiger partial charge in [-0.05, 0) is 83.3 Å². The minimum absolute atomic E-state index is 0.192. The lowest BCUT2D eigenvalue weighted by Gasteiger charge is -2.15. The van der Waals surface area contributed by atoms with Crippen molar-refractivity contribution < 1.29 is 27.4 Å². The standard InChI is InChI=1S/C43H36F3N3O3/c1-51-42(50)38-20-8-30(9-21-38)6-7-31(28-32-10-17-36(18-11-32)40-26-27-47-49-48-40)12-19-37-4-2-3-5-41(37)52-29-33-13-15-34(16-14-33)35-22-24-39(25-23-35)43(44,45)46/h2-5,8-25,27,31H,6-7,28-29H2,1H3,(H,47,48)/b19-12+. The Bertz CT molecular complexity index is 2100. The third-order valence-corrected chi connectivity index (χ3v) is 8.77. The van der Waals surface area contributed by atoms with Gasteiger partial charge >= 0.3 is 12.1 Å². The SMILES string of the molecule is COC(=O)c1ccc(CCC(/C=C/c2ccccc2OCc2ccc(-c3ccc(C(F)(F)F)cc3)cc2)Cc2ccc(C3=C=CN=NN3)cc2)cc1. The third kappa shape index (κ3) is 9.53. The lowest BCUT2D eigenvalue weighted by molar-refractivity contribution is -0.137. The van der Waals surface area contributed by atoms with E-state index in [4.69, 9.17) is 9.47 Å². The third-order valence-electron chi connectivity index (χ3n) is 8.77. The van der Waals surface area contributed by atoms with E-state index in [-0.39, 0.29) is 11.9 Å². The number of methoxy groups -OCH3 is 1. The van der Waals surface area contributed by atoms with Gasteiger partial charge in [-0.2, -0.15) is 13.2 Å². The Morgan fingerprint density at radius 2 is 1.44 bits per heavy atom. The first kappa shape index (κ1) is 35.6. The fourth-order valence-electron chi connectivity index (χ4n) is 5.83. The number of carbonyl (C=O) groups is 1.